The van der Waals surface area contributed by atoms with E-state index in [1.165, 1.54) is 22.9 Å². The molecule has 1 heterocycles. The summed E-state index contributed by atoms with van der Waals surface area (Å²) in [5.74, 6) is 0.799. The van der Waals surface area contributed by atoms with Gasteiger partial charge >= 0.3 is 0 Å². The maximum absolute atomic E-state index is 12.5. The summed E-state index contributed by atoms with van der Waals surface area (Å²) in [5, 5.41) is 15.4. The number of carbonyl (C=O) groups excluding carboxylic acids is 1. The number of benzene rings is 2. The largest absolute Gasteiger partial charge is 0.494 e. The number of rotatable bonds is 7. The normalized spacial score (nSPS) is 11.9. The van der Waals surface area contributed by atoms with Crippen molar-refractivity contribution in [3.05, 3.63) is 58.7 Å². The molecule has 2 aromatic carbocycles. The Hall–Kier alpha value is -2.87. The lowest BCUT2D eigenvalue weighted by Crippen LogP contribution is -2.28. The summed E-state index contributed by atoms with van der Waals surface area (Å²) >= 11 is 1.28. The monoisotopic (exact) mass is 411 g/mol. The lowest BCUT2D eigenvalue weighted by Gasteiger charge is -2.15. The number of nitrogens with one attached hydrogen (secondary N) is 1. The number of aromatic nitrogens is 4. The molecule has 1 N–H and O–H groups in total. The fraction of sp³-hybridized carbons (Fsp3) is 0.333. The standard InChI is InChI=1S/C21H25N5O2S/c1-13-6-9-19(28-5)18(10-13)26-21(23-24-25-26)29-12-20(27)22-16(4)17-8-7-14(2)15(3)11-17/h6-11,16H,12H2,1-5H3,(H,22,27)/t16-/m0/s1. The summed E-state index contributed by atoms with van der Waals surface area (Å²) < 4.78 is 7.01. The second-order valence-corrected chi connectivity index (χ2v) is 7.91. The maximum Gasteiger partial charge on any atom is 0.230 e. The van der Waals surface area contributed by atoms with E-state index in [1.807, 2.05) is 38.1 Å². The van der Waals surface area contributed by atoms with Crippen molar-refractivity contribution in [2.24, 2.45) is 0 Å². The molecule has 0 aliphatic carbocycles. The summed E-state index contributed by atoms with van der Waals surface area (Å²) in [6, 6.07) is 11.9. The Morgan fingerprint density at radius 2 is 1.97 bits per heavy atom. The van der Waals surface area contributed by atoms with Gasteiger partial charge in [0.05, 0.1) is 18.9 Å². The Labute approximate surface area is 174 Å². The molecule has 29 heavy (non-hydrogen) atoms. The summed E-state index contributed by atoms with van der Waals surface area (Å²) in [6.07, 6.45) is 0. The number of aryl methyl sites for hydroxylation is 3. The number of ether oxygens (including phenoxy) is 1. The zero-order chi connectivity index (χ0) is 21.0. The molecule has 0 spiro atoms. The molecule has 0 unspecified atom stereocenters. The molecule has 152 valence electrons. The van der Waals surface area contributed by atoms with Gasteiger partial charge in [-0.05, 0) is 72.5 Å². The predicted octanol–water partition coefficient (Wildman–Crippen LogP) is 3.57. The highest BCUT2D eigenvalue weighted by Crippen LogP contribution is 2.27. The van der Waals surface area contributed by atoms with E-state index in [2.05, 4.69) is 46.8 Å². The average Bonchev–Trinajstić information content (AvgIpc) is 3.16. The average molecular weight is 412 g/mol. The topological polar surface area (TPSA) is 81.9 Å². The minimum Gasteiger partial charge on any atom is -0.494 e. The van der Waals surface area contributed by atoms with E-state index in [9.17, 15) is 4.79 Å². The van der Waals surface area contributed by atoms with Crippen LogP contribution < -0.4 is 10.1 Å². The fourth-order valence-corrected chi connectivity index (χ4v) is 3.61. The predicted molar refractivity (Wildman–Crippen MR) is 114 cm³/mol. The number of hydrogen-bond donors (Lipinski definition) is 1. The summed E-state index contributed by atoms with van der Waals surface area (Å²) in [6.45, 7) is 8.12. The van der Waals surface area contributed by atoms with Crippen molar-refractivity contribution in [2.45, 2.75) is 38.9 Å². The van der Waals surface area contributed by atoms with Gasteiger partial charge in [0.1, 0.15) is 11.4 Å². The summed E-state index contributed by atoms with van der Waals surface area (Å²) in [4.78, 5) is 12.5. The van der Waals surface area contributed by atoms with E-state index in [0.29, 0.717) is 10.9 Å². The molecule has 1 aromatic heterocycles. The number of carbonyl (C=O) groups is 1. The van der Waals surface area contributed by atoms with Gasteiger partial charge in [-0.3, -0.25) is 4.79 Å². The minimum atomic E-state index is -0.0773. The van der Waals surface area contributed by atoms with Crippen LogP contribution in [0.5, 0.6) is 5.75 Å². The van der Waals surface area contributed by atoms with Crippen LogP contribution in [0.15, 0.2) is 41.6 Å². The number of methoxy groups -OCH3 is 1. The first-order valence-corrected chi connectivity index (χ1v) is 10.3. The molecule has 1 atom stereocenters. The van der Waals surface area contributed by atoms with Crippen LogP contribution in [0.4, 0.5) is 0 Å². The van der Waals surface area contributed by atoms with E-state index in [1.54, 1.807) is 11.8 Å². The minimum absolute atomic E-state index is 0.0738. The third-order valence-electron chi connectivity index (χ3n) is 4.74. The van der Waals surface area contributed by atoms with Crippen LogP contribution in [0.3, 0.4) is 0 Å². The molecule has 3 rings (SSSR count). The molecule has 0 aliphatic heterocycles. The molecule has 0 saturated heterocycles. The van der Waals surface area contributed by atoms with Gasteiger partial charge in [-0.15, -0.1) is 5.10 Å². The molecule has 0 saturated carbocycles. The van der Waals surface area contributed by atoms with Crippen molar-refractivity contribution < 1.29 is 9.53 Å². The van der Waals surface area contributed by atoms with Gasteiger partial charge in [-0.1, -0.05) is 36.0 Å². The first kappa shape index (κ1) is 20.9. The van der Waals surface area contributed by atoms with Crippen LogP contribution in [0.1, 0.15) is 35.2 Å². The molecular formula is C21H25N5O2S. The lowest BCUT2D eigenvalue weighted by molar-refractivity contribution is -0.119. The molecule has 7 nitrogen and oxygen atoms in total. The van der Waals surface area contributed by atoms with E-state index >= 15 is 0 Å². The number of hydrogen-bond acceptors (Lipinski definition) is 6. The molecule has 0 bridgehead atoms. The van der Waals surface area contributed by atoms with Crippen molar-refractivity contribution in [3.8, 4) is 11.4 Å². The third-order valence-corrected chi connectivity index (χ3v) is 5.66. The summed E-state index contributed by atoms with van der Waals surface area (Å²) in [5.41, 5.74) is 5.34. The number of amides is 1. The van der Waals surface area contributed by atoms with Crippen LogP contribution >= 0.6 is 11.8 Å². The van der Waals surface area contributed by atoms with Crippen LogP contribution in [-0.4, -0.2) is 39.0 Å². The van der Waals surface area contributed by atoms with Crippen LogP contribution in [0.2, 0.25) is 0 Å². The second kappa shape index (κ2) is 9.09. The van der Waals surface area contributed by atoms with Crippen molar-refractivity contribution in [3.63, 3.8) is 0 Å². The van der Waals surface area contributed by atoms with Gasteiger partial charge in [0.25, 0.3) is 0 Å². The van der Waals surface area contributed by atoms with Gasteiger partial charge in [-0.2, -0.15) is 4.68 Å². The molecule has 0 aliphatic rings. The molecule has 0 radical (unpaired) electrons. The van der Waals surface area contributed by atoms with E-state index in [4.69, 9.17) is 4.74 Å². The SMILES string of the molecule is COc1ccc(C)cc1-n1nnnc1SCC(=O)N[C@@H](C)c1ccc(C)c(C)c1. The molecule has 1 amide bonds. The van der Waals surface area contributed by atoms with Crippen molar-refractivity contribution in [1.82, 2.24) is 25.5 Å². The summed E-state index contributed by atoms with van der Waals surface area (Å²) in [7, 11) is 1.60. The van der Waals surface area contributed by atoms with Gasteiger partial charge in [0.15, 0.2) is 0 Å². The Kier molecular flexibility index (Phi) is 6.53. The van der Waals surface area contributed by atoms with Crippen molar-refractivity contribution in [1.29, 1.82) is 0 Å². The fourth-order valence-electron chi connectivity index (χ4n) is 2.92. The first-order chi connectivity index (χ1) is 13.9. The molecule has 8 heteroatoms. The maximum atomic E-state index is 12.5. The van der Waals surface area contributed by atoms with Gasteiger partial charge in [0, 0.05) is 0 Å². The lowest BCUT2D eigenvalue weighted by atomic mass is 10.0. The zero-order valence-electron chi connectivity index (χ0n) is 17.3. The highest BCUT2D eigenvalue weighted by Gasteiger charge is 2.16. The van der Waals surface area contributed by atoms with Gasteiger partial charge < -0.3 is 10.1 Å². The molecular weight excluding hydrogens is 386 g/mol. The highest BCUT2D eigenvalue weighted by atomic mass is 32.2. The Morgan fingerprint density at radius 3 is 2.69 bits per heavy atom. The molecule has 3 aromatic rings. The van der Waals surface area contributed by atoms with Gasteiger partial charge in [0.2, 0.25) is 11.1 Å². The Bertz CT molecular complexity index is 1020. The number of nitrogens with zero attached hydrogens (tertiary/aromatic N) is 4. The first-order valence-electron chi connectivity index (χ1n) is 9.31. The van der Waals surface area contributed by atoms with E-state index in [0.717, 1.165) is 16.8 Å². The quantitative estimate of drug-likeness (QED) is 0.599. The van der Waals surface area contributed by atoms with Gasteiger partial charge in [-0.25, -0.2) is 0 Å². The smallest absolute Gasteiger partial charge is 0.230 e. The second-order valence-electron chi connectivity index (χ2n) is 6.97. The third kappa shape index (κ3) is 4.95. The molecule has 0 fully saturated rings. The van der Waals surface area contributed by atoms with Crippen molar-refractivity contribution in [2.75, 3.05) is 12.9 Å². The van der Waals surface area contributed by atoms with Crippen molar-refractivity contribution >= 4 is 17.7 Å². The number of tetrazole rings is 1. The Morgan fingerprint density at radius 1 is 1.17 bits per heavy atom. The van der Waals surface area contributed by atoms with Crippen LogP contribution in [-0.2, 0) is 4.79 Å². The van der Waals surface area contributed by atoms with E-state index in [-0.39, 0.29) is 17.7 Å². The Balaban J connectivity index is 1.67. The number of thioether (sulfide) groups is 1. The van der Waals surface area contributed by atoms with Crippen LogP contribution in [0.25, 0.3) is 5.69 Å². The van der Waals surface area contributed by atoms with E-state index < -0.39 is 0 Å². The van der Waals surface area contributed by atoms with Crippen LogP contribution in [0, 0.1) is 20.8 Å². The highest BCUT2D eigenvalue weighted by molar-refractivity contribution is 7.99. The zero-order valence-corrected chi connectivity index (χ0v) is 18.1.